The van der Waals surface area contributed by atoms with Crippen LogP contribution in [0.4, 0.5) is 5.69 Å². The van der Waals surface area contributed by atoms with E-state index in [2.05, 4.69) is 11.7 Å². The van der Waals surface area contributed by atoms with Crippen LogP contribution in [0.25, 0.3) is 16.5 Å². The van der Waals surface area contributed by atoms with E-state index < -0.39 is 20.0 Å². The van der Waals surface area contributed by atoms with E-state index in [1.165, 1.54) is 4.68 Å². The van der Waals surface area contributed by atoms with Crippen LogP contribution in [-0.4, -0.2) is 53.2 Å². The van der Waals surface area contributed by atoms with Crippen molar-refractivity contribution in [2.45, 2.75) is 43.7 Å². The van der Waals surface area contributed by atoms with Crippen molar-refractivity contribution in [3.63, 3.8) is 0 Å². The van der Waals surface area contributed by atoms with Gasteiger partial charge in [0.25, 0.3) is 11.5 Å². The molecule has 8 nitrogen and oxygen atoms in total. The maximum absolute atomic E-state index is 14.0. The quantitative estimate of drug-likeness (QED) is 0.394. The lowest BCUT2D eigenvalue weighted by Gasteiger charge is -2.32. The summed E-state index contributed by atoms with van der Waals surface area (Å²) in [6.07, 6.45) is 3.17. The first-order chi connectivity index (χ1) is 17.1. The molecule has 0 radical (unpaired) electrons. The standard InChI is InChI=1S/C27H31N3O5Si/c1-5-13-29-22-11-10-19(30-25(32)20-9-7-6-8-18(20)16-28-30)15-21(22)27(26(29)33)17(2)24(36(3,4)34)23(35-27)12-14-31/h5-11,15-17,23-24,31,34H,1,12-14H2,2-4H3/t17-,23+,24-,27+/m1/s1. The van der Waals surface area contributed by atoms with Gasteiger partial charge in [0, 0.05) is 35.6 Å². The average molecular weight is 506 g/mol. The summed E-state index contributed by atoms with van der Waals surface area (Å²) in [5, 5.41) is 15.4. The normalized spacial score (nSPS) is 25.6. The van der Waals surface area contributed by atoms with Crippen LogP contribution < -0.4 is 10.5 Å². The number of aromatic nitrogens is 2. The maximum atomic E-state index is 14.0. The third kappa shape index (κ3) is 3.49. The lowest BCUT2D eigenvalue weighted by Crippen LogP contribution is -2.46. The first kappa shape index (κ1) is 24.6. The van der Waals surface area contributed by atoms with E-state index >= 15 is 0 Å². The molecule has 1 spiro atoms. The van der Waals surface area contributed by atoms with Crippen LogP contribution in [-0.2, 0) is 15.1 Å². The Kier molecular flexibility index (Phi) is 5.99. The van der Waals surface area contributed by atoms with Crippen molar-refractivity contribution < 1.29 is 19.4 Å². The van der Waals surface area contributed by atoms with Crippen LogP contribution in [0.1, 0.15) is 18.9 Å². The molecule has 0 unspecified atom stereocenters. The van der Waals surface area contributed by atoms with Crippen molar-refractivity contribution >= 4 is 30.7 Å². The van der Waals surface area contributed by atoms with E-state index in [9.17, 15) is 19.5 Å². The summed E-state index contributed by atoms with van der Waals surface area (Å²) in [5.41, 5.74) is -0.0117. The van der Waals surface area contributed by atoms with Crippen molar-refractivity contribution in [1.29, 1.82) is 0 Å². The highest BCUT2D eigenvalue weighted by molar-refractivity contribution is 6.71. The van der Waals surface area contributed by atoms with Crippen molar-refractivity contribution in [2.75, 3.05) is 18.1 Å². The summed E-state index contributed by atoms with van der Waals surface area (Å²) in [7, 11) is -2.78. The number of ether oxygens (including phenoxy) is 1. The Labute approximate surface area is 210 Å². The van der Waals surface area contributed by atoms with Gasteiger partial charge in [-0.25, -0.2) is 0 Å². The van der Waals surface area contributed by atoms with Crippen molar-refractivity contribution in [2.24, 2.45) is 5.92 Å². The van der Waals surface area contributed by atoms with Gasteiger partial charge in [-0.1, -0.05) is 31.2 Å². The Morgan fingerprint density at radius 3 is 2.67 bits per heavy atom. The Morgan fingerprint density at radius 1 is 1.22 bits per heavy atom. The molecule has 2 aromatic carbocycles. The molecule has 4 atom stereocenters. The van der Waals surface area contributed by atoms with E-state index in [4.69, 9.17) is 4.74 Å². The van der Waals surface area contributed by atoms with Gasteiger partial charge in [0.05, 0.1) is 29.1 Å². The molecule has 9 heteroatoms. The monoisotopic (exact) mass is 505 g/mol. The van der Waals surface area contributed by atoms with Crippen molar-refractivity contribution in [3.8, 4) is 5.69 Å². The number of aliphatic hydroxyl groups excluding tert-OH is 1. The summed E-state index contributed by atoms with van der Waals surface area (Å²) < 4.78 is 7.93. The predicted molar refractivity (Wildman–Crippen MR) is 141 cm³/mol. The zero-order chi connectivity index (χ0) is 25.8. The molecule has 1 saturated heterocycles. The summed E-state index contributed by atoms with van der Waals surface area (Å²) in [6.45, 7) is 9.64. The number of benzene rings is 2. The van der Waals surface area contributed by atoms with Crippen molar-refractivity contribution in [1.82, 2.24) is 9.78 Å². The average Bonchev–Trinajstić information content (AvgIpc) is 3.27. The number of nitrogens with zero attached hydrogens (tertiary/aromatic N) is 3. The first-order valence-electron chi connectivity index (χ1n) is 12.2. The fourth-order valence-electron chi connectivity index (χ4n) is 6.18. The van der Waals surface area contributed by atoms with Crippen molar-refractivity contribution in [3.05, 3.63) is 77.2 Å². The second kappa shape index (κ2) is 8.77. The lowest BCUT2D eigenvalue weighted by molar-refractivity contribution is -0.146. The predicted octanol–water partition coefficient (Wildman–Crippen LogP) is 3.10. The summed E-state index contributed by atoms with van der Waals surface area (Å²) in [4.78, 5) is 40.1. The zero-order valence-electron chi connectivity index (χ0n) is 20.7. The molecule has 0 saturated carbocycles. The largest absolute Gasteiger partial charge is 0.432 e. The number of carbonyl (C=O) groups is 1. The number of amides is 1. The minimum atomic E-state index is -2.78. The molecule has 0 bridgehead atoms. The molecule has 0 aliphatic carbocycles. The number of fused-ring (bicyclic) bond motifs is 3. The Balaban J connectivity index is 1.72. The summed E-state index contributed by atoms with van der Waals surface area (Å²) in [5.74, 6) is -0.567. The van der Waals surface area contributed by atoms with Gasteiger partial charge in [-0.05, 0) is 43.8 Å². The van der Waals surface area contributed by atoms with E-state index in [-0.39, 0.29) is 29.5 Å². The first-order valence-corrected chi connectivity index (χ1v) is 15.2. The number of hydrogen-bond donors (Lipinski definition) is 2. The van der Waals surface area contributed by atoms with E-state index in [0.29, 0.717) is 35.3 Å². The Hall–Kier alpha value is -3.11. The molecule has 2 aliphatic heterocycles. The second-order valence-electron chi connectivity index (χ2n) is 10.2. The van der Waals surface area contributed by atoms with Gasteiger partial charge in [0.15, 0.2) is 13.9 Å². The van der Waals surface area contributed by atoms with Gasteiger partial charge in [0.1, 0.15) is 0 Å². The number of hydrogen-bond acceptors (Lipinski definition) is 6. The van der Waals surface area contributed by atoms with Crippen LogP contribution >= 0.6 is 0 Å². The van der Waals surface area contributed by atoms with Crippen LogP contribution in [0.3, 0.4) is 0 Å². The molecule has 1 fully saturated rings. The number of aliphatic hydroxyl groups is 1. The molecule has 3 heterocycles. The summed E-state index contributed by atoms with van der Waals surface area (Å²) in [6, 6.07) is 12.7. The minimum absolute atomic E-state index is 0.109. The molecule has 5 rings (SSSR count). The molecule has 188 valence electrons. The van der Waals surface area contributed by atoms with Crippen LogP contribution in [0.5, 0.6) is 0 Å². The number of carbonyl (C=O) groups excluding carboxylic acids is 1. The molecule has 1 amide bonds. The zero-order valence-corrected chi connectivity index (χ0v) is 21.7. The van der Waals surface area contributed by atoms with E-state index in [1.807, 2.05) is 44.3 Å². The van der Waals surface area contributed by atoms with Crippen LogP contribution in [0.2, 0.25) is 18.6 Å². The van der Waals surface area contributed by atoms with E-state index in [1.54, 1.807) is 35.4 Å². The second-order valence-corrected chi connectivity index (χ2v) is 14.2. The fourth-order valence-corrected chi connectivity index (χ4v) is 8.78. The summed E-state index contributed by atoms with van der Waals surface area (Å²) >= 11 is 0. The van der Waals surface area contributed by atoms with Gasteiger partial charge < -0.3 is 19.5 Å². The third-order valence-corrected chi connectivity index (χ3v) is 10.1. The number of anilines is 1. The number of rotatable bonds is 6. The van der Waals surface area contributed by atoms with Gasteiger partial charge >= 0.3 is 0 Å². The van der Waals surface area contributed by atoms with Crippen LogP contribution in [0, 0.1) is 5.92 Å². The Bertz CT molecular complexity index is 1410. The molecule has 36 heavy (non-hydrogen) atoms. The van der Waals surface area contributed by atoms with E-state index in [0.717, 1.165) is 5.39 Å². The highest BCUT2D eigenvalue weighted by Crippen LogP contribution is 2.59. The molecular weight excluding hydrogens is 474 g/mol. The van der Waals surface area contributed by atoms with Gasteiger partial charge in [-0.15, -0.1) is 6.58 Å². The molecule has 1 aromatic heterocycles. The van der Waals surface area contributed by atoms with Gasteiger partial charge in [-0.2, -0.15) is 9.78 Å². The Morgan fingerprint density at radius 2 is 1.97 bits per heavy atom. The fraction of sp³-hybridized carbons (Fsp3) is 0.370. The molecular formula is C27H31N3O5Si. The molecule has 3 aromatic rings. The topological polar surface area (TPSA) is 105 Å². The smallest absolute Gasteiger partial charge is 0.279 e. The SMILES string of the molecule is C=CCN1C(=O)[C@@]2(O[C@@H](CCO)[C@H]([Si](C)(C)O)[C@H]2C)c2cc(-n3ncc4ccccc4c3=O)ccc21. The molecule has 2 aliphatic rings. The lowest BCUT2D eigenvalue weighted by atomic mass is 9.82. The molecule has 2 N–H and O–H groups in total. The van der Waals surface area contributed by atoms with Gasteiger partial charge in [-0.3, -0.25) is 9.59 Å². The highest BCUT2D eigenvalue weighted by Gasteiger charge is 2.66. The van der Waals surface area contributed by atoms with Gasteiger partial charge in [0.2, 0.25) is 0 Å². The minimum Gasteiger partial charge on any atom is -0.432 e. The third-order valence-electron chi connectivity index (χ3n) is 7.63. The van der Waals surface area contributed by atoms with Crippen LogP contribution in [0.15, 0.2) is 66.1 Å². The maximum Gasteiger partial charge on any atom is 0.279 e. The highest BCUT2D eigenvalue weighted by atomic mass is 28.4.